The van der Waals surface area contributed by atoms with Gasteiger partial charge in [0.15, 0.2) is 0 Å². The van der Waals surface area contributed by atoms with Gasteiger partial charge in [-0.2, -0.15) is 17.4 Å². The molecule has 2 aliphatic heterocycles. The van der Waals surface area contributed by atoms with Gasteiger partial charge < -0.3 is 10.1 Å². The maximum absolute atomic E-state index is 12.2. The summed E-state index contributed by atoms with van der Waals surface area (Å²) >= 11 is 0. The first-order chi connectivity index (χ1) is 8.59. The molecule has 2 fully saturated rings. The Kier molecular flexibility index (Phi) is 4.97. The van der Waals surface area contributed by atoms with Crippen LogP contribution in [-0.4, -0.2) is 57.7 Å². The third-order valence-electron chi connectivity index (χ3n) is 3.60. The molecule has 2 aliphatic rings. The van der Waals surface area contributed by atoms with E-state index < -0.39 is 10.2 Å². The highest BCUT2D eigenvalue weighted by molar-refractivity contribution is 7.87. The van der Waals surface area contributed by atoms with Gasteiger partial charge in [0.1, 0.15) is 0 Å². The molecule has 0 aliphatic carbocycles. The normalized spacial score (nSPS) is 29.1. The summed E-state index contributed by atoms with van der Waals surface area (Å²) in [5, 5.41) is 3.37. The van der Waals surface area contributed by atoms with Gasteiger partial charge in [-0.3, -0.25) is 0 Å². The van der Waals surface area contributed by atoms with Crippen LogP contribution in [0.5, 0.6) is 0 Å². The van der Waals surface area contributed by atoms with Crippen molar-refractivity contribution in [3.05, 3.63) is 0 Å². The second-order valence-electron chi connectivity index (χ2n) is 4.98. The minimum Gasteiger partial charge on any atom is -0.379 e. The van der Waals surface area contributed by atoms with E-state index in [1.165, 1.54) is 17.1 Å². The van der Waals surface area contributed by atoms with Crippen molar-refractivity contribution in [2.75, 3.05) is 32.8 Å². The van der Waals surface area contributed by atoms with Crippen molar-refractivity contribution in [2.24, 2.45) is 0 Å². The largest absolute Gasteiger partial charge is 0.379 e. The van der Waals surface area contributed by atoms with E-state index in [0.29, 0.717) is 26.3 Å². The Hall–Kier alpha value is -0.210. The zero-order valence-corrected chi connectivity index (χ0v) is 11.7. The average molecular weight is 277 g/mol. The molecule has 0 radical (unpaired) electrons. The number of rotatable bonds is 4. The maximum atomic E-state index is 12.2. The van der Waals surface area contributed by atoms with Gasteiger partial charge in [0.05, 0.1) is 13.2 Å². The van der Waals surface area contributed by atoms with E-state index in [4.69, 9.17) is 4.74 Å². The standard InChI is InChI=1S/C11H23N3O3S/c1-10(11-4-2-3-5-12-11)13-18(15,16)14-6-8-17-9-7-14/h10-13H,2-9H2,1H3. The molecule has 0 aromatic rings. The first-order valence-corrected chi connectivity index (χ1v) is 8.12. The summed E-state index contributed by atoms with van der Waals surface area (Å²) in [4.78, 5) is 0. The van der Waals surface area contributed by atoms with E-state index in [1.807, 2.05) is 6.92 Å². The minimum absolute atomic E-state index is 0.0712. The number of nitrogens with zero attached hydrogens (tertiary/aromatic N) is 1. The van der Waals surface area contributed by atoms with Crippen LogP contribution in [0.1, 0.15) is 26.2 Å². The number of hydrogen-bond donors (Lipinski definition) is 2. The number of piperidine rings is 1. The molecule has 0 spiro atoms. The smallest absolute Gasteiger partial charge is 0.279 e. The van der Waals surface area contributed by atoms with Gasteiger partial charge in [-0.25, -0.2) is 0 Å². The number of ether oxygens (including phenoxy) is 1. The highest BCUT2D eigenvalue weighted by Crippen LogP contribution is 2.12. The molecule has 2 heterocycles. The maximum Gasteiger partial charge on any atom is 0.279 e. The van der Waals surface area contributed by atoms with Crippen LogP contribution in [0.15, 0.2) is 0 Å². The zero-order valence-electron chi connectivity index (χ0n) is 10.9. The Morgan fingerprint density at radius 1 is 1.33 bits per heavy atom. The molecule has 0 bridgehead atoms. The molecule has 106 valence electrons. The van der Waals surface area contributed by atoms with Crippen LogP contribution in [-0.2, 0) is 14.9 Å². The SMILES string of the molecule is CC(NS(=O)(=O)N1CCOCC1)C1CCCCN1. The monoisotopic (exact) mass is 277 g/mol. The van der Waals surface area contributed by atoms with E-state index in [9.17, 15) is 8.42 Å². The summed E-state index contributed by atoms with van der Waals surface area (Å²) in [6.45, 7) is 4.77. The summed E-state index contributed by atoms with van der Waals surface area (Å²) < 4.78 is 33.8. The molecule has 2 rings (SSSR count). The lowest BCUT2D eigenvalue weighted by Crippen LogP contribution is -2.55. The fourth-order valence-electron chi connectivity index (χ4n) is 2.48. The predicted molar refractivity (Wildman–Crippen MR) is 69.6 cm³/mol. The Morgan fingerprint density at radius 3 is 2.67 bits per heavy atom. The molecular formula is C11H23N3O3S. The minimum atomic E-state index is -3.37. The van der Waals surface area contributed by atoms with Crippen LogP contribution in [0, 0.1) is 0 Å². The van der Waals surface area contributed by atoms with E-state index in [2.05, 4.69) is 10.0 Å². The molecule has 2 unspecified atom stereocenters. The Labute approximate surface area is 109 Å². The average Bonchev–Trinajstić information content (AvgIpc) is 2.40. The van der Waals surface area contributed by atoms with Gasteiger partial charge in [-0.15, -0.1) is 0 Å². The Morgan fingerprint density at radius 2 is 2.06 bits per heavy atom. The van der Waals surface area contributed by atoms with Crippen LogP contribution in [0.4, 0.5) is 0 Å². The van der Waals surface area contributed by atoms with Crippen LogP contribution >= 0.6 is 0 Å². The van der Waals surface area contributed by atoms with Crippen LogP contribution in [0.25, 0.3) is 0 Å². The first kappa shape index (κ1) is 14.2. The molecule has 0 aromatic heterocycles. The molecule has 7 heteroatoms. The zero-order chi connectivity index (χ0) is 13.0. The molecule has 0 amide bonds. The Balaban J connectivity index is 1.89. The van der Waals surface area contributed by atoms with Crippen molar-refractivity contribution in [3.63, 3.8) is 0 Å². The number of morpholine rings is 1. The predicted octanol–water partition coefficient (Wildman–Crippen LogP) is -0.316. The molecule has 18 heavy (non-hydrogen) atoms. The van der Waals surface area contributed by atoms with Gasteiger partial charge in [-0.1, -0.05) is 6.42 Å². The van der Waals surface area contributed by atoms with Gasteiger partial charge in [0.2, 0.25) is 0 Å². The summed E-state index contributed by atoms with van der Waals surface area (Å²) in [6, 6.07) is 0.174. The molecule has 0 saturated carbocycles. The first-order valence-electron chi connectivity index (χ1n) is 6.68. The summed E-state index contributed by atoms with van der Waals surface area (Å²) in [6.07, 6.45) is 3.38. The van der Waals surface area contributed by atoms with Crippen molar-refractivity contribution in [2.45, 2.75) is 38.3 Å². The lowest BCUT2D eigenvalue weighted by Gasteiger charge is -2.32. The van der Waals surface area contributed by atoms with Gasteiger partial charge in [-0.05, 0) is 26.3 Å². The quantitative estimate of drug-likeness (QED) is 0.739. The number of nitrogens with one attached hydrogen (secondary N) is 2. The second kappa shape index (κ2) is 6.29. The van der Waals surface area contributed by atoms with Crippen LogP contribution < -0.4 is 10.0 Å². The molecule has 2 atom stereocenters. The third-order valence-corrected chi connectivity index (χ3v) is 5.31. The Bertz CT molecular complexity index is 349. The fraction of sp³-hybridized carbons (Fsp3) is 1.00. The van der Waals surface area contributed by atoms with Crippen molar-refractivity contribution in [3.8, 4) is 0 Å². The van der Waals surface area contributed by atoms with Gasteiger partial charge >= 0.3 is 0 Å². The molecular weight excluding hydrogens is 254 g/mol. The lowest BCUT2D eigenvalue weighted by molar-refractivity contribution is 0.0722. The number of hydrogen-bond acceptors (Lipinski definition) is 4. The van der Waals surface area contributed by atoms with E-state index in [0.717, 1.165) is 13.0 Å². The van der Waals surface area contributed by atoms with E-state index >= 15 is 0 Å². The van der Waals surface area contributed by atoms with Crippen molar-refractivity contribution >= 4 is 10.2 Å². The highest BCUT2D eigenvalue weighted by atomic mass is 32.2. The molecule has 2 N–H and O–H groups in total. The van der Waals surface area contributed by atoms with Crippen LogP contribution in [0.3, 0.4) is 0 Å². The summed E-state index contributed by atoms with van der Waals surface area (Å²) in [7, 11) is -3.37. The van der Waals surface area contributed by atoms with E-state index in [1.54, 1.807) is 0 Å². The third kappa shape index (κ3) is 3.64. The molecule has 2 saturated heterocycles. The van der Waals surface area contributed by atoms with Crippen molar-refractivity contribution in [1.29, 1.82) is 0 Å². The summed E-state index contributed by atoms with van der Waals surface area (Å²) in [5.41, 5.74) is 0. The topological polar surface area (TPSA) is 70.7 Å². The highest BCUT2D eigenvalue weighted by Gasteiger charge is 2.29. The summed E-state index contributed by atoms with van der Waals surface area (Å²) in [5.74, 6) is 0. The second-order valence-corrected chi connectivity index (χ2v) is 6.68. The van der Waals surface area contributed by atoms with Crippen molar-refractivity contribution < 1.29 is 13.2 Å². The lowest BCUT2D eigenvalue weighted by atomic mass is 10.00. The molecule has 0 aromatic carbocycles. The van der Waals surface area contributed by atoms with Gasteiger partial charge in [0, 0.05) is 25.2 Å². The molecule has 6 nitrogen and oxygen atoms in total. The van der Waals surface area contributed by atoms with Gasteiger partial charge in [0.25, 0.3) is 10.2 Å². The van der Waals surface area contributed by atoms with E-state index in [-0.39, 0.29) is 12.1 Å². The van der Waals surface area contributed by atoms with Crippen LogP contribution in [0.2, 0.25) is 0 Å². The fourth-order valence-corrected chi connectivity index (χ4v) is 3.90. The van der Waals surface area contributed by atoms with Crippen molar-refractivity contribution in [1.82, 2.24) is 14.3 Å².